The fraction of sp³-hybridized carbons (Fsp3) is 0.412. The molecule has 1 aromatic carbocycles. The van der Waals surface area contributed by atoms with E-state index in [4.69, 9.17) is 4.98 Å². The lowest BCUT2D eigenvalue weighted by molar-refractivity contribution is 0.577. The number of aryl methyl sites for hydroxylation is 1. The highest BCUT2D eigenvalue weighted by atomic mass is 32.1. The number of pyridine rings is 1. The Morgan fingerprint density at radius 3 is 2.73 bits per heavy atom. The van der Waals surface area contributed by atoms with E-state index in [1.165, 1.54) is 24.0 Å². The maximum atomic E-state index is 12.0. The third kappa shape index (κ3) is 2.11. The van der Waals surface area contributed by atoms with Gasteiger partial charge < -0.3 is 9.47 Å². The molecule has 3 heterocycles. The summed E-state index contributed by atoms with van der Waals surface area (Å²) in [5.74, 6) is 0. The van der Waals surface area contributed by atoms with Crippen molar-refractivity contribution < 1.29 is 0 Å². The van der Waals surface area contributed by atoms with Gasteiger partial charge in [-0.15, -0.1) is 0 Å². The van der Waals surface area contributed by atoms with Gasteiger partial charge in [0, 0.05) is 31.1 Å². The van der Waals surface area contributed by atoms with Crippen LogP contribution < -0.4 is 10.5 Å². The highest BCUT2D eigenvalue weighted by molar-refractivity contribution is 7.23. The number of hydrogen-bond acceptors (Lipinski definition) is 4. The van der Waals surface area contributed by atoms with Crippen molar-refractivity contribution in [2.24, 2.45) is 0 Å². The molecule has 22 heavy (non-hydrogen) atoms. The van der Waals surface area contributed by atoms with E-state index in [0.29, 0.717) is 6.54 Å². The van der Waals surface area contributed by atoms with E-state index in [0.717, 1.165) is 34.6 Å². The molecule has 2 aromatic heterocycles. The normalized spacial score (nSPS) is 15.8. The van der Waals surface area contributed by atoms with Crippen molar-refractivity contribution in [3.05, 3.63) is 34.6 Å². The number of rotatable bonds is 2. The fourth-order valence-corrected chi connectivity index (χ4v) is 4.44. The SMILES string of the molecule is CCn1c(=O)ccc2c3sc(N4CCCCC4)nc3ccc21. The monoisotopic (exact) mass is 313 g/mol. The summed E-state index contributed by atoms with van der Waals surface area (Å²) in [5.41, 5.74) is 2.12. The minimum Gasteiger partial charge on any atom is -0.348 e. The van der Waals surface area contributed by atoms with Crippen molar-refractivity contribution in [3.63, 3.8) is 0 Å². The molecule has 5 heteroatoms. The zero-order valence-corrected chi connectivity index (χ0v) is 13.5. The third-order valence-electron chi connectivity index (χ3n) is 4.45. The largest absolute Gasteiger partial charge is 0.348 e. The maximum Gasteiger partial charge on any atom is 0.251 e. The first-order valence-corrected chi connectivity index (χ1v) is 8.77. The van der Waals surface area contributed by atoms with Crippen LogP contribution in [0.1, 0.15) is 26.2 Å². The van der Waals surface area contributed by atoms with Gasteiger partial charge in [-0.25, -0.2) is 4.98 Å². The Balaban J connectivity index is 1.92. The molecule has 0 spiro atoms. The molecule has 0 saturated carbocycles. The lowest BCUT2D eigenvalue weighted by Gasteiger charge is -2.25. The summed E-state index contributed by atoms with van der Waals surface area (Å²) < 4.78 is 3.02. The molecular formula is C17H19N3OS. The van der Waals surface area contributed by atoms with Gasteiger partial charge >= 0.3 is 0 Å². The summed E-state index contributed by atoms with van der Waals surface area (Å²) in [7, 11) is 0. The molecule has 0 amide bonds. The van der Waals surface area contributed by atoms with Gasteiger partial charge in [-0.1, -0.05) is 11.3 Å². The topological polar surface area (TPSA) is 38.1 Å². The summed E-state index contributed by atoms with van der Waals surface area (Å²) >= 11 is 1.76. The molecule has 0 atom stereocenters. The van der Waals surface area contributed by atoms with Gasteiger partial charge in [0.15, 0.2) is 5.13 Å². The number of hydrogen-bond donors (Lipinski definition) is 0. The predicted molar refractivity (Wildman–Crippen MR) is 93.1 cm³/mol. The van der Waals surface area contributed by atoms with Gasteiger partial charge in [0.25, 0.3) is 5.56 Å². The van der Waals surface area contributed by atoms with Crippen molar-refractivity contribution in [1.29, 1.82) is 0 Å². The van der Waals surface area contributed by atoms with Gasteiger partial charge in [-0.05, 0) is 44.4 Å². The Labute approximate surface area is 133 Å². The van der Waals surface area contributed by atoms with Crippen molar-refractivity contribution in [2.45, 2.75) is 32.7 Å². The molecule has 0 radical (unpaired) electrons. The van der Waals surface area contributed by atoms with Crippen LogP contribution in [-0.2, 0) is 6.54 Å². The number of nitrogens with zero attached hydrogens (tertiary/aromatic N) is 3. The van der Waals surface area contributed by atoms with E-state index in [2.05, 4.69) is 4.90 Å². The molecule has 0 aliphatic carbocycles. The number of benzene rings is 1. The third-order valence-corrected chi connectivity index (χ3v) is 5.62. The Morgan fingerprint density at radius 1 is 1.14 bits per heavy atom. The lowest BCUT2D eigenvalue weighted by atomic mass is 10.1. The molecule has 0 unspecified atom stereocenters. The number of piperidine rings is 1. The molecule has 0 bridgehead atoms. The van der Waals surface area contributed by atoms with E-state index in [9.17, 15) is 4.79 Å². The first-order valence-electron chi connectivity index (χ1n) is 7.96. The molecular weight excluding hydrogens is 294 g/mol. The average Bonchev–Trinajstić information content (AvgIpc) is 3.00. The van der Waals surface area contributed by atoms with Crippen LogP contribution in [0, 0.1) is 0 Å². The molecule has 0 N–H and O–H groups in total. The summed E-state index contributed by atoms with van der Waals surface area (Å²) in [5, 5.41) is 2.26. The van der Waals surface area contributed by atoms with Gasteiger partial charge in [0.1, 0.15) is 0 Å². The summed E-state index contributed by atoms with van der Waals surface area (Å²) in [6, 6.07) is 7.70. The van der Waals surface area contributed by atoms with Gasteiger partial charge in [0.05, 0.1) is 15.7 Å². The molecule has 4 nitrogen and oxygen atoms in total. The van der Waals surface area contributed by atoms with Crippen LogP contribution in [0.5, 0.6) is 0 Å². The second kappa shape index (κ2) is 5.39. The highest BCUT2D eigenvalue weighted by Crippen LogP contribution is 2.34. The first kappa shape index (κ1) is 13.8. The van der Waals surface area contributed by atoms with Crippen molar-refractivity contribution in [3.8, 4) is 0 Å². The predicted octanol–water partition coefficient (Wildman–Crippen LogP) is 3.62. The lowest BCUT2D eigenvalue weighted by Crippen LogP contribution is -2.29. The number of fused-ring (bicyclic) bond motifs is 3. The molecule has 1 saturated heterocycles. The Morgan fingerprint density at radius 2 is 1.95 bits per heavy atom. The van der Waals surface area contributed by atoms with Crippen LogP contribution in [0.25, 0.3) is 21.1 Å². The first-order chi connectivity index (χ1) is 10.8. The zero-order valence-electron chi connectivity index (χ0n) is 12.7. The maximum absolute atomic E-state index is 12.0. The molecule has 1 aliphatic heterocycles. The van der Waals surface area contributed by atoms with E-state index in [1.807, 2.05) is 29.7 Å². The van der Waals surface area contributed by atoms with Crippen LogP contribution in [0.2, 0.25) is 0 Å². The Kier molecular flexibility index (Phi) is 3.37. The number of aromatic nitrogens is 2. The average molecular weight is 313 g/mol. The number of thiazole rings is 1. The highest BCUT2D eigenvalue weighted by Gasteiger charge is 2.16. The molecule has 3 aromatic rings. The molecule has 1 aliphatic rings. The Bertz CT molecular complexity index is 890. The minimum absolute atomic E-state index is 0.0649. The van der Waals surface area contributed by atoms with Gasteiger partial charge in [0.2, 0.25) is 0 Å². The van der Waals surface area contributed by atoms with Crippen molar-refractivity contribution in [2.75, 3.05) is 18.0 Å². The molecule has 4 rings (SSSR count). The van der Waals surface area contributed by atoms with Crippen LogP contribution >= 0.6 is 11.3 Å². The molecule has 1 fully saturated rings. The van der Waals surface area contributed by atoms with Crippen LogP contribution in [0.3, 0.4) is 0 Å². The zero-order chi connectivity index (χ0) is 15.1. The standard InChI is InChI=1S/C17H19N3OS/c1-2-20-14-8-7-13-16(12(14)6-9-15(20)21)22-17(18-13)19-10-4-3-5-11-19/h6-9H,2-5,10-11H2,1H3. The summed E-state index contributed by atoms with van der Waals surface area (Å²) in [6.07, 6.45) is 3.84. The Hall–Kier alpha value is -1.88. The van der Waals surface area contributed by atoms with E-state index in [-0.39, 0.29) is 5.56 Å². The quantitative estimate of drug-likeness (QED) is 0.725. The van der Waals surface area contributed by atoms with Gasteiger partial charge in [-0.3, -0.25) is 4.79 Å². The second-order valence-corrected chi connectivity index (χ2v) is 6.78. The van der Waals surface area contributed by atoms with Crippen molar-refractivity contribution in [1.82, 2.24) is 9.55 Å². The summed E-state index contributed by atoms with van der Waals surface area (Å²) in [6.45, 7) is 4.92. The smallest absolute Gasteiger partial charge is 0.251 e. The van der Waals surface area contributed by atoms with Crippen LogP contribution in [0.15, 0.2) is 29.1 Å². The van der Waals surface area contributed by atoms with Crippen LogP contribution in [0.4, 0.5) is 5.13 Å². The summed E-state index contributed by atoms with van der Waals surface area (Å²) in [4.78, 5) is 19.2. The minimum atomic E-state index is 0.0649. The molecule has 114 valence electrons. The number of anilines is 1. The van der Waals surface area contributed by atoms with Crippen molar-refractivity contribution >= 4 is 37.6 Å². The van der Waals surface area contributed by atoms with E-state index >= 15 is 0 Å². The van der Waals surface area contributed by atoms with E-state index in [1.54, 1.807) is 17.4 Å². The van der Waals surface area contributed by atoms with Crippen LogP contribution in [-0.4, -0.2) is 22.6 Å². The fourth-order valence-electron chi connectivity index (χ4n) is 3.30. The second-order valence-electron chi connectivity index (χ2n) is 5.81. The van der Waals surface area contributed by atoms with E-state index < -0.39 is 0 Å². The van der Waals surface area contributed by atoms with Gasteiger partial charge in [-0.2, -0.15) is 0 Å².